The number of nitrogens with one attached hydrogen (secondary N) is 1. The summed E-state index contributed by atoms with van der Waals surface area (Å²) in [7, 11) is 0. The van der Waals surface area contributed by atoms with E-state index in [0.29, 0.717) is 6.54 Å². The third kappa shape index (κ3) is 5.27. The summed E-state index contributed by atoms with van der Waals surface area (Å²) in [5.74, 6) is 0.854. The van der Waals surface area contributed by atoms with Crippen LogP contribution in [0.3, 0.4) is 0 Å². The van der Waals surface area contributed by atoms with Crippen molar-refractivity contribution in [2.45, 2.75) is 52.0 Å². The monoisotopic (exact) mass is 287 g/mol. The standard InChI is InChI=1S/C16H25N5/c1-2-3-4-5-6-10-13-17-14-16-18-19-20-21(16)15-11-8-7-9-12-15/h7-9,11-12,17H,2-6,10,13-14H2,1H3. The highest BCUT2D eigenvalue weighted by Crippen LogP contribution is 2.07. The van der Waals surface area contributed by atoms with Gasteiger partial charge in [0, 0.05) is 0 Å². The first-order chi connectivity index (χ1) is 10.4. The van der Waals surface area contributed by atoms with Gasteiger partial charge in [-0.1, -0.05) is 57.2 Å². The number of rotatable bonds is 10. The van der Waals surface area contributed by atoms with Crippen LogP contribution in [0.25, 0.3) is 5.69 Å². The van der Waals surface area contributed by atoms with Gasteiger partial charge >= 0.3 is 0 Å². The number of hydrogen-bond acceptors (Lipinski definition) is 4. The van der Waals surface area contributed by atoms with Gasteiger partial charge in [0.2, 0.25) is 0 Å². The maximum atomic E-state index is 4.09. The second-order valence-electron chi connectivity index (χ2n) is 5.29. The Balaban J connectivity index is 1.69. The van der Waals surface area contributed by atoms with Gasteiger partial charge in [0.1, 0.15) is 0 Å². The summed E-state index contributed by atoms with van der Waals surface area (Å²) in [5.41, 5.74) is 0.999. The highest BCUT2D eigenvalue weighted by molar-refractivity contribution is 5.30. The van der Waals surface area contributed by atoms with Crippen LogP contribution in [0.1, 0.15) is 51.3 Å². The van der Waals surface area contributed by atoms with E-state index >= 15 is 0 Å². The van der Waals surface area contributed by atoms with Crippen molar-refractivity contribution in [3.63, 3.8) is 0 Å². The van der Waals surface area contributed by atoms with Gasteiger partial charge in [-0.3, -0.25) is 0 Å². The summed E-state index contributed by atoms with van der Waals surface area (Å²) in [6.45, 7) is 3.98. The zero-order valence-electron chi connectivity index (χ0n) is 12.8. The molecule has 0 saturated carbocycles. The molecular weight excluding hydrogens is 262 g/mol. The molecule has 0 atom stereocenters. The van der Waals surface area contributed by atoms with Crippen molar-refractivity contribution in [3.05, 3.63) is 36.2 Å². The number of para-hydroxylation sites is 1. The van der Waals surface area contributed by atoms with Crippen LogP contribution >= 0.6 is 0 Å². The van der Waals surface area contributed by atoms with Crippen molar-refractivity contribution >= 4 is 0 Å². The molecule has 1 heterocycles. The van der Waals surface area contributed by atoms with Crippen molar-refractivity contribution in [1.29, 1.82) is 0 Å². The van der Waals surface area contributed by atoms with Gasteiger partial charge in [-0.05, 0) is 35.5 Å². The van der Waals surface area contributed by atoms with E-state index in [4.69, 9.17) is 0 Å². The van der Waals surface area contributed by atoms with E-state index in [1.807, 2.05) is 30.3 Å². The van der Waals surface area contributed by atoms with Gasteiger partial charge < -0.3 is 5.32 Å². The predicted octanol–water partition coefficient (Wildman–Crippen LogP) is 3.11. The fourth-order valence-corrected chi connectivity index (χ4v) is 2.32. The van der Waals surface area contributed by atoms with Gasteiger partial charge in [0.05, 0.1) is 12.2 Å². The van der Waals surface area contributed by atoms with Crippen LogP contribution in [0.15, 0.2) is 30.3 Å². The van der Waals surface area contributed by atoms with Crippen LogP contribution in [0.2, 0.25) is 0 Å². The molecule has 0 radical (unpaired) electrons. The third-order valence-electron chi connectivity index (χ3n) is 3.53. The first kappa shape index (κ1) is 15.6. The molecule has 1 N–H and O–H groups in total. The third-order valence-corrected chi connectivity index (χ3v) is 3.53. The first-order valence-corrected chi connectivity index (χ1v) is 7.95. The summed E-state index contributed by atoms with van der Waals surface area (Å²) in [5, 5.41) is 15.3. The number of nitrogens with zero attached hydrogens (tertiary/aromatic N) is 4. The van der Waals surface area contributed by atoms with E-state index in [0.717, 1.165) is 18.1 Å². The summed E-state index contributed by atoms with van der Waals surface area (Å²) in [6, 6.07) is 9.99. The van der Waals surface area contributed by atoms with Crippen molar-refractivity contribution in [2.75, 3.05) is 6.54 Å². The highest BCUT2D eigenvalue weighted by atomic mass is 15.5. The number of tetrazole rings is 1. The van der Waals surface area contributed by atoms with Crippen LogP contribution < -0.4 is 5.32 Å². The average molecular weight is 287 g/mol. The van der Waals surface area contributed by atoms with Gasteiger partial charge in [-0.2, -0.15) is 4.68 Å². The lowest BCUT2D eigenvalue weighted by Gasteiger charge is -2.06. The Hall–Kier alpha value is -1.75. The molecule has 0 unspecified atom stereocenters. The fourth-order valence-electron chi connectivity index (χ4n) is 2.32. The van der Waals surface area contributed by atoms with Crippen LogP contribution in [0.5, 0.6) is 0 Å². The van der Waals surface area contributed by atoms with Gasteiger partial charge in [-0.25, -0.2) is 0 Å². The van der Waals surface area contributed by atoms with E-state index in [9.17, 15) is 0 Å². The zero-order valence-corrected chi connectivity index (χ0v) is 12.8. The van der Waals surface area contributed by atoms with Gasteiger partial charge in [0.15, 0.2) is 5.82 Å². The lowest BCUT2D eigenvalue weighted by molar-refractivity contribution is 0.561. The summed E-state index contributed by atoms with van der Waals surface area (Å²) in [6.07, 6.45) is 7.90. The lowest BCUT2D eigenvalue weighted by Crippen LogP contribution is -2.18. The van der Waals surface area contributed by atoms with Gasteiger partial charge in [0.25, 0.3) is 0 Å². The Morgan fingerprint density at radius 2 is 1.76 bits per heavy atom. The molecule has 1 aromatic carbocycles. The number of hydrogen-bond donors (Lipinski definition) is 1. The van der Waals surface area contributed by atoms with Crippen LogP contribution in [0, 0.1) is 0 Å². The number of benzene rings is 1. The number of aromatic nitrogens is 4. The molecule has 5 heteroatoms. The van der Waals surface area contributed by atoms with Gasteiger partial charge in [-0.15, -0.1) is 5.10 Å². The SMILES string of the molecule is CCCCCCCCNCc1nnnn1-c1ccccc1. The van der Waals surface area contributed by atoms with E-state index in [2.05, 4.69) is 27.8 Å². The van der Waals surface area contributed by atoms with E-state index in [-0.39, 0.29) is 0 Å². The maximum absolute atomic E-state index is 4.09. The predicted molar refractivity (Wildman–Crippen MR) is 84.2 cm³/mol. The molecule has 0 bridgehead atoms. The molecule has 0 fully saturated rings. The van der Waals surface area contributed by atoms with E-state index < -0.39 is 0 Å². The number of unbranched alkanes of at least 4 members (excludes halogenated alkanes) is 5. The quantitative estimate of drug-likeness (QED) is 0.682. The smallest absolute Gasteiger partial charge is 0.170 e. The van der Waals surface area contributed by atoms with Crippen molar-refractivity contribution in [2.24, 2.45) is 0 Å². The molecule has 0 aliphatic heterocycles. The molecule has 21 heavy (non-hydrogen) atoms. The largest absolute Gasteiger partial charge is 0.310 e. The summed E-state index contributed by atoms with van der Waals surface area (Å²) in [4.78, 5) is 0. The highest BCUT2D eigenvalue weighted by Gasteiger charge is 2.06. The Kier molecular flexibility index (Phi) is 6.88. The second-order valence-corrected chi connectivity index (χ2v) is 5.29. The molecule has 0 spiro atoms. The normalized spacial score (nSPS) is 10.9. The minimum atomic E-state index is 0.705. The minimum absolute atomic E-state index is 0.705. The molecule has 0 aliphatic carbocycles. The molecule has 0 aliphatic rings. The summed E-state index contributed by atoms with van der Waals surface area (Å²) < 4.78 is 1.79. The van der Waals surface area contributed by atoms with Crippen LogP contribution in [-0.2, 0) is 6.54 Å². The maximum Gasteiger partial charge on any atom is 0.170 e. The fraction of sp³-hybridized carbons (Fsp3) is 0.562. The molecule has 114 valence electrons. The van der Waals surface area contributed by atoms with Crippen molar-refractivity contribution in [1.82, 2.24) is 25.5 Å². The molecule has 0 amide bonds. The Morgan fingerprint density at radius 3 is 2.57 bits per heavy atom. The molecule has 2 aromatic rings. The molecule has 1 aromatic heterocycles. The van der Waals surface area contributed by atoms with E-state index in [1.54, 1.807) is 4.68 Å². The minimum Gasteiger partial charge on any atom is -0.310 e. The van der Waals surface area contributed by atoms with Crippen LogP contribution in [-0.4, -0.2) is 26.8 Å². The average Bonchev–Trinajstić information content (AvgIpc) is 2.99. The first-order valence-electron chi connectivity index (χ1n) is 7.95. The Labute approximate surface area is 126 Å². The molecular formula is C16H25N5. The van der Waals surface area contributed by atoms with Crippen LogP contribution in [0.4, 0.5) is 0 Å². The van der Waals surface area contributed by atoms with Crippen molar-refractivity contribution in [3.8, 4) is 5.69 Å². The topological polar surface area (TPSA) is 55.6 Å². The molecule has 0 saturated heterocycles. The van der Waals surface area contributed by atoms with E-state index in [1.165, 1.54) is 38.5 Å². The second kappa shape index (κ2) is 9.23. The Bertz CT molecular complexity index is 494. The zero-order chi connectivity index (χ0) is 14.8. The molecule has 5 nitrogen and oxygen atoms in total. The lowest BCUT2D eigenvalue weighted by atomic mass is 10.1. The Morgan fingerprint density at radius 1 is 1.00 bits per heavy atom. The van der Waals surface area contributed by atoms with Crippen molar-refractivity contribution < 1.29 is 0 Å². The summed E-state index contributed by atoms with van der Waals surface area (Å²) >= 11 is 0. The molecule has 2 rings (SSSR count).